The predicted octanol–water partition coefficient (Wildman–Crippen LogP) is 0.779. The summed E-state index contributed by atoms with van der Waals surface area (Å²) >= 11 is 1.39. The van der Waals surface area contributed by atoms with Gasteiger partial charge in [0.2, 0.25) is 11.8 Å². The first-order chi connectivity index (χ1) is 8.61. The van der Waals surface area contributed by atoms with Crippen molar-refractivity contribution in [3.05, 3.63) is 24.3 Å². The summed E-state index contributed by atoms with van der Waals surface area (Å²) in [6.07, 6.45) is 0. The van der Waals surface area contributed by atoms with Crippen LogP contribution in [0.25, 0.3) is 0 Å². The van der Waals surface area contributed by atoms with E-state index in [1.165, 1.54) is 11.8 Å². The second-order valence-electron chi connectivity index (χ2n) is 3.44. The van der Waals surface area contributed by atoms with Crippen LogP contribution in [0.15, 0.2) is 29.2 Å². The van der Waals surface area contributed by atoms with Crippen LogP contribution in [0.2, 0.25) is 0 Å². The quantitative estimate of drug-likeness (QED) is 0.716. The molecule has 18 heavy (non-hydrogen) atoms. The van der Waals surface area contributed by atoms with Gasteiger partial charge in [-0.15, -0.1) is 11.8 Å². The number of benzene rings is 1. The average Bonchev–Trinajstić information content (AvgIpc) is 2.36. The van der Waals surface area contributed by atoms with Crippen LogP contribution in [-0.4, -0.2) is 30.7 Å². The lowest BCUT2D eigenvalue weighted by molar-refractivity contribution is -0.123. The number of nitrogens with two attached hydrogens (primary N) is 1. The highest BCUT2D eigenvalue weighted by Gasteiger charge is 2.04. The van der Waals surface area contributed by atoms with Crippen LogP contribution in [0.4, 0.5) is 0 Å². The zero-order chi connectivity index (χ0) is 13.4. The van der Waals surface area contributed by atoms with Crippen LogP contribution >= 0.6 is 11.8 Å². The Hall–Kier alpha value is -1.69. The fraction of sp³-hybridized carbons (Fsp3) is 0.333. The number of ether oxygens (including phenoxy) is 1. The number of thioether (sulfide) groups is 1. The number of primary amides is 1. The van der Waals surface area contributed by atoms with Crippen LogP contribution in [-0.2, 0) is 9.59 Å². The van der Waals surface area contributed by atoms with Crippen molar-refractivity contribution in [3.8, 4) is 5.75 Å². The maximum Gasteiger partial charge on any atom is 0.236 e. The van der Waals surface area contributed by atoms with Gasteiger partial charge < -0.3 is 15.8 Å². The first kappa shape index (κ1) is 14.4. The van der Waals surface area contributed by atoms with Crippen molar-refractivity contribution in [2.45, 2.75) is 11.8 Å². The molecule has 0 saturated carbocycles. The molecule has 0 bridgehead atoms. The van der Waals surface area contributed by atoms with Gasteiger partial charge in [-0.2, -0.15) is 0 Å². The molecular weight excluding hydrogens is 252 g/mol. The summed E-state index contributed by atoms with van der Waals surface area (Å²) in [5.74, 6) is 0.295. The molecule has 0 aliphatic carbocycles. The van der Waals surface area contributed by atoms with Gasteiger partial charge in [0.25, 0.3) is 0 Å². The molecule has 0 saturated heterocycles. The Balaban J connectivity index is 2.34. The van der Waals surface area contributed by atoms with E-state index in [0.717, 1.165) is 10.6 Å². The Morgan fingerprint density at radius 2 is 2.00 bits per heavy atom. The van der Waals surface area contributed by atoms with Crippen molar-refractivity contribution in [1.82, 2.24) is 5.32 Å². The molecule has 0 heterocycles. The van der Waals surface area contributed by atoms with Crippen molar-refractivity contribution >= 4 is 23.6 Å². The van der Waals surface area contributed by atoms with Crippen molar-refractivity contribution in [2.24, 2.45) is 5.73 Å². The Morgan fingerprint density at radius 3 is 2.56 bits per heavy atom. The molecule has 1 aromatic rings. The molecule has 1 rings (SSSR count). The molecule has 0 aliphatic heterocycles. The molecule has 0 fully saturated rings. The summed E-state index contributed by atoms with van der Waals surface area (Å²) in [6.45, 7) is 2.43. The molecular formula is C12H16N2O3S. The number of carbonyl (C=O) groups is 2. The minimum atomic E-state index is -0.547. The van der Waals surface area contributed by atoms with Gasteiger partial charge in [-0.05, 0) is 31.2 Å². The molecule has 0 aliphatic rings. The van der Waals surface area contributed by atoms with Crippen LogP contribution in [0.1, 0.15) is 6.92 Å². The van der Waals surface area contributed by atoms with Gasteiger partial charge in [-0.1, -0.05) is 0 Å². The van der Waals surface area contributed by atoms with Crippen molar-refractivity contribution in [1.29, 1.82) is 0 Å². The number of hydrogen-bond donors (Lipinski definition) is 2. The molecule has 2 amide bonds. The van der Waals surface area contributed by atoms with Gasteiger partial charge in [0.05, 0.1) is 18.9 Å². The lowest BCUT2D eigenvalue weighted by atomic mass is 10.3. The van der Waals surface area contributed by atoms with Gasteiger partial charge in [0, 0.05) is 4.90 Å². The molecule has 0 atom stereocenters. The second-order valence-corrected chi connectivity index (χ2v) is 4.48. The minimum Gasteiger partial charge on any atom is -0.494 e. The zero-order valence-electron chi connectivity index (χ0n) is 10.1. The Bertz CT molecular complexity index is 406. The molecule has 0 radical (unpaired) electrons. The lowest BCUT2D eigenvalue weighted by Crippen LogP contribution is -2.34. The average molecular weight is 268 g/mol. The van der Waals surface area contributed by atoms with Crippen LogP contribution < -0.4 is 15.8 Å². The highest BCUT2D eigenvalue weighted by atomic mass is 32.2. The molecule has 3 N–H and O–H groups in total. The summed E-state index contributed by atoms with van der Waals surface area (Å²) < 4.78 is 5.31. The van der Waals surface area contributed by atoms with E-state index in [1.807, 2.05) is 31.2 Å². The molecule has 6 heteroatoms. The first-order valence-corrected chi connectivity index (χ1v) is 6.51. The van der Waals surface area contributed by atoms with E-state index in [2.05, 4.69) is 5.32 Å². The Morgan fingerprint density at radius 1 is 1.33 bits per heavy atom. The van der Waals surface area contributed by atoms with E-state index in [0.29, 0.717) is 6.61 Å². The normalized spacial score (nSPS) is 9.83. The van der Waals surface area contributed by atoms with Gasteiger partial charge in [0.15, 0.2) is 0 Å². The Kier molecular flexibility index (Phi) is 6.07. The molecule has 5 nitrogen and oxygen atoms in total. The highest BCUT2D eigenvalue weighted by molar-refractivity contribution is 8.00. The van der Waals surface area contributed by atoms with E-state index < -0.39 is 5.91 Å². The third-order valence-corrected chi connectivity index (χ3v) is 2.98. The van der Waals surface area contributed by atoms with Crippen LogP contribution in [0.3, 0.4) is 0 Å². The summed E-state index contributed by atoms with van der Waals surface area (Å²) in [7, 11) is 0. The summed E-state index contributed by atoms with van der Waals surface area (Å²) in [5.41, 5.74) is 4.92. The van der Waals surface area contributed by atoms with Gasteiger partial charge in [-0.25, -0.2) is 0 Å². The first-order valence-electron chi connectivity index (χ1n) is 5.52. The summed E-state index contributed by atoms with van der Waals surface area (Å²) in [4.78, 5) is 22.8. The van der Waals surface area contributed by atoms with E-state index in [1.54, 1.807) is 0 Å². The van der Waals surface area contributed by atoms with Gasteiger partial charge in [-0.3, -0.25) is 9.59 Å². The second kappa shape index (κ2) is 7.60. The van der Waals surface area contributed by atoms with Gasteiger partial charge in [0.1, 0.15) is 5.75 Å². The molecule has 98 valence electrons. The number of amides is 2. The third kappa shape index (κ3) is 5.58. The fourth-order valence-electron chi connectivity index (χ4n) is 1.18. The molecule has 0 unspecified atom stereocenters. The molecule has 1 aromatic carbocycles. The number of nitrogens with one attached hydrogen (secondary N) is 1. The maximum atomic E-state index is 11.3. The number of hydrogen-bond acceptors (Lipinski definition) is 4. The minimum absolute atomic E-state index is 0.122. The summed E-state index contributed by atoms with van der Waals surface area (Å²) in [6, 6.07) is 7.48. The number of carbonyl (C=O) groups excluding carboxylic acids is 2. The van der Waals surface area contributed by atoms with Crippen molar-refractivity contribution in [2.75, 3.05) is 18.9 Å². The molecule has 0 aromatic heterocycles. The smallest absolute Gasteiger partial charge is 0.236 e. The molecule has 0 spiro atoms. The Labute approximate surface area is 110 Å². The van der Waals surface area contributed by atoms with Gasteiger partial charge >= 0.3 is 0 Å². The maximum absolute atomic E-state index is 11.3. The van der Waals surface area contributed by atoms with Crippen LogP contribution in [0, 0.1) is 0 Å². The fourth-order valence-corrected chi connectivity index (χ4v) is 1.91. The standard InChI is InChI=1S/C12H16N2O3S/c1-2-17-9-3-5-10(6-4-9)18-8-12(16)14-7-11(13)15/h3-6H,2,7-8H2,1H3,(H2,13,15)(H,14,16). The van der Waals surface area contributed by atoms with Crippen molar-refractivity contribution < 1.29 is 14.3 Å². The topological polar surface area (TPSA) is 81.4 Å². The number of rotatable bonds is 7. The monoisotopic (exact) mass is 268 g/mol. The van der Waals surface area contributed by atoms with E-state index in [-0.39, 0.29) is 18.2 Å². The largest absolute Gasteiger partial charge is 0.494 e. The lowest BCUT2D eigenvalue weighted by Gasteiger charge is -2.05. The predicted molar refractivity (Wildman–Crippen MR) is 70.5 cm³/mol. The zero-order valence-corrected chi connectivity index (χ0v) is 11.0. The van der Waals surface area contributed by atoms with E-state index in [4.69, 9.17) is 10.5 Å². The van der Waals surface area contributed by atoms with Crippen LogP contribution in [0.5, 0.6) is 5.75 Å². The highest BCUT2D eigenvalue weighted by Crippen LogP contribution is 2.21. The van der Waals surface area contributed by atoms with Crippen molar-refractivity contribution in [3.63, 3.8) is 0 Å². The summed E-state index contributed by atoms with van der Waals surface area (Å²) in [5, 5.41) is 2.43. The van der Waals surface area contributed by atoms with E-state index in [9.17, 15) is 9.59 Å². The van der Waals surface area contributed by atoms with E-state index >= 15 is 0 Å². The third-order valence-electron chi connectivity index (χ3n) is 1.96. The SMILES string of the molecule is CCOc1ccc(SCC(=O)NCC(N)=O)cc1.